The van der Waals surface area contributed by atoms with E-state index in [1.54, 1.807) is 11.9 Å². The summed E-state index contributed by atoms with van der Waals surface area (Å²) in [6, 6.07) is 1.25. The number of carbonyl (C=O) groups excluding carboxylic acids is 1. The highest BCUT2D eigenvalue weighted by atomic mass is 19.1. The lowest BCUT2D eigenvalue weighted by atomic mass is 9.90. The van der Waals surface area contributed by atoms with E-state index in [0.29, 0.717) is 0 Å². The third-order valence-corrected chi connectivity index (χ3v) is 3.55. The van der Waals surface area contributed by atoms with Gasteiger partial charge in [-0.05, 0) is 18.9 Å². The first-order chi connectivity index (χ1) is 8.59. The van der Waals surface area contributed by atoms with Crippen LogP contribution in [0.1, 0.15) is 36.0 Å². The lowest BCUT2D eigenvalue weighted by Gasteiger charge is -2.36. The van der Waals surface area contributed by atoms with Gasteiger partial charge in [-0.1, -0.05) is 12.8 Å². The van der Waals surface area contributed by atoms with Gasteiger partial charge in [0.15, 0.2) is 0 Å². The highest BCUT2D eigenvalue weighted by Gasteiger charge is 2.28. The molecule has 0 saturated heterocycles. The molecule has 1 aromatic rings. The van der Waals surface area contributed by atoms with E-state index in [-0.39, 0.29) is 23.6 Å². The van der Waals surface area contributed by atoms with Gasteiger partial charge < -0.3 is 10.6 Å². The molecule has 2 rings (SSSR count). The molecule has 0 bridgehead atoms. The lowest BCUT2D eigenvalue weighted by molar-refractivity contribution is 0.0671. The van der Waals surface area contributed by atoms with E-state index in [1.165, 1.54) is 12.3 Å². The van der Waals surface area contributed by atoms with Crippen LogP contribution in [0.3, 0.4) is 0 Å². The molecule has 1 aliphatic carbocycles. The summed E-state index contributed by atoms with van der Waals surface area (Å²) in [5.74, 6) is -0.716. The molecule has 1 amide bonds. The minimum absolute atomic E-state index is 0.00854. The fourth-order valence-corrected chi connectivity index (χ4v) is 2.50. The molecule has 1 saturated carbocycles. The third kappa shape index (κ3) is 2.67. The van der Waals surface area contributed by atoms with Crippen LogP contribution in [0.15, 0.2) is 18.5 Å². The zero-order chi connectivity index (χ0) is 13.1. The Balaban J connectivity index is 2.13. The predicted molar refractivity (Wildman–Crippen MR) is 66.5 cm³/mol. The number of nitrogens with two attached hydrogens (primary N) is 1. The van der Waals surface area contributed by atoms with E-state index in [0.717, 1.165) is 31.9 Å². The first-order valence-corrected chi connectivity index (χ1v) is 6.23. The molecule has 4 nitrogen and oxygen atoms in total. The molecular formula is C13H18FN3O. The lowest BCUT2D eigenvalue weighted by Crippen LogP contribution is -2.50. The van der Waals surface area contributed by atoms with Crippen molar-refractivity contribution < 1.29 is 9.18 Å². The Kier molecular flexibility index (Phi) is 3.91. The molecule has 0 spiro atoms. The maximum Gasteiger partial charge on any atom is 0.255 e. The normalized spacial score (nSPS) is 23.7. The van der Waals surface area contributed by atoms with Crippen molar-refractivity contribution in [3.8, 4) is 0 Å². The number of carbonyl (C=O) groups is 1. The van der Waals surface area contributed by atoms with E-state index in [9.17, 15) is 9.18 Å². The minimum Gasteiger partial charge on any atom is -0.337 e. The van der Waals surface area contributed by atoms with Crippen molar-refractivity contribution >= 4 is 5.91 Å². The maximum atomic E-state index is 13.1. The van der Waals surface area contributed by atoms with Gasteiger partial charge in [0.2, 0.25) is 0 Å². The van der Waals surface area contributed by atoms with Crippen molar-refractivity contribution in [2.75, 3.05) is 7.05 Å². The largest absolute Gasteiger partial charge is 0.337 e. The number of rotatable bonds is 2. The summed E-state index contributed by atoms with van der Waals surface area (Å²) in [4.78, 5) is 17.5. The number of pyridine rings is 1. The van der Waals surface area contributed by atoms with Gasteiger partial charge in [-0.25, -0.2) is 4.39 Å². The number of likely N-dealkylation sites (N-methyl/N-ethyl adjacent to an activating group) is 1. The predicted octanol–water partition coefficient (Wildman–Crippen LogP) is 1.56. The Morgan fingerprint density at radius 1 is 1.44 bits per heavy atom. The Hall–Kier alpha value is -1.49. The summed E-state index contributed by atoms with van der Waals surface area (Å²) >= 11 is 0. The Morgan fingerprint density at radius 3 is 2.83 bits per heavy atom. The average Bonchev–Trinajstić information content (AvgIpc) is 2.37. The van der Waals surface area contributed by atoms with Crippen molar-refractivity contribution in [2.24, 2.45) is 5.73 Å². The number of halogens is 1. The van der Waals surface area contributed by atoms with E-state index in [4.69, 9.17) is 5.73 Å². The fraction of sp³-hybridized carbons (Fsp3) is 0.538. The van der Waals surface area contributed by atoms with Gasteiger partial charge in [0, 0.05) is 25.3 Å². The molecule has 0 aromatic carbocycles. The Labute approximate surface area is 106 Å². The number of aromatic nitrogens is 1. The summed E-state index contributed by atoms with van der Waals surface area (Å²) < 4.78 is 13.1. The van der Waals surface area contributed by atoms with Crippen LogP contribution >= 0.6 is 0 Å². The molecule has 98 valence electrons. The molecule has 1 aliphatic rings. The summed E-state index contributed by atoms with van der Waals surface area (Å²) in [6.45, 7) is 0. The van der Waals surface area contributed by atoms with E-state index in [2.05, 4.69) is 4.98 Å². The topological polar surface area (TPSA) is 59.2 Å². The van der Waals surface area contributed by atoms with E-state index >= 15 is 0 Å². The van der Waals surface area contributed by atoms with E-state index in [1.807, 2.05) is 0 Å². The summed E-state index contributed by atoms with van der Waals surface area (Å²) in [5.41, 5.74) is 6.32. The second kappa shape index (κ2) is 5.44. The van der Waals surface area contributed by atoms with Gasteiger partial charge in [-0.15, -0.1) is 0 Å². The first kappa shape index (κ1) is 13.0. The molecule has 5 heteroatoms. The number of amides is 1. The molecule has 0 radical (unpaired) electrons. The zero-order valence-corrected chi connectivity index (χ0v) is 10.5. The molecule has 1 fully saturated rings. The smallest absolute Gasteiger partial charge is 0.255 e. The van der Waals surface area contributed by atoms with Gasteiger partial charge in [0.25, 0.3) is 5.91 Å². The molecule has 0 aliphatic heterocycles. The highest BCUT2D eigenvalue weighted by molar-refractivity contribution is 5.94. The number of hydrogen-bond acceptors (Lipinski definition) is 3. The van der Waals surface area contributed by atoms with Crippen LogP contribution in [-0.2, 0) is 0 Å². The molecule has 2 unspecified atom stereocenters. The summed E-state index contributed by atoms with van der Waals surface area (Å²) in [5, 5.41) is 0. The van der Waals surface area contributed by atoms with Crippen molar-refractivity contribution in [2.45, 2.75) is 37.8 Å². The van der Waals surface area contributed by atoms with E-state index < -0.39 is 5.82 Å². The van der Waals surface area contributed by atoms with Crippen LogP contribution in [0, 0.1) is 5.82 Å². The number of nitrogens with zero attached hydrogens (tertiary/aromatic N) is 2. The van der Waals surface area contributed by atoms with Crippen LogP contribution in [0.5, 0.6) is 0 Å². The molecule has 1 heterocycles. The van der Waals surface area contributed by atoms with Crippen LogP contribution in [0.4, 0.5) is 4.39 Å². The molecular weight excluding hydrogens is 233 g/mol. The highest BCUT2D eigenvalue weighted by Crippen LogP contribution is 2.22. The standard InChI is InChI=1S/C13H18FN3O/c1-17(12-5-3-2-4-11(12)15)13(18)9-6-10(14)8-16-7-9/h6-8,11-12H,2-5,15H2,1H3. The Morgan fingerprint density at radius 2 is 2.17 bits per heavy atom. The average molecular weight is 251 g/mol. The van der Waals surface area contributed by atoms with Crippen molar-refractivity contribution in [3.63, 3.8) is 0 Å². The fourth-order valence-electron chi connectivity index (χ4n) is 2.50. The Bertz CT molecular complexity index is 438. The van der Waals surface area contributed by atoms with Crippen molar-refractivity contribution in [1.29, 1.82) is 0 Å². The quantitative estimate of drug-likeness (QED) is 0.867. The second-order valence-corrected chi connectivity index (χ2v) is 4.82. The van der Waals surface area contributed by atoms with Crippen LogP contribution < -0.4 is 5.73 Å². The third-order valence-electron chi connectivity index (χ3n) is 3.55. The monoisotopic (exact) mass is 251 g/mol. The van der Waals surface area contributed by atoms with Crippen LogP contribution in [0.2, 0.25) is 0 Å². The molecule has 1 aromatic heterocycles. The maximum absolute atomic E-state index is 13.1. The van der Waals surface area contributed by atoms with Gasteiger partial charge in [0.05, 0.1) is 11.8 Å². The molecule has 2 N–H and O–H groups in total. The summed E-state index contributed by atoms with van der Waals surface area (Å²) in [6.07, 6.45) is 6.51. The van der Waals surface area contributed by atoms with Crippen LogP contribution in [-0.4, -0.2) is 34.9 Å². The summed E-state index contributed by atoms with van der Waals surface area (Å²) in [7, 11) is 1.73. The van der Waals surface area contributed by atoms with Gasteiger partial charge in [-0.2, -0.15) is 0 Å². The first-order valence-electron chi connectivity index (χ1n) is 6.23. The molecule has 2 atom stereocenters. The number of hydrogen-bond donors (Lipinski definition) is 1. The SMILES string of the molecule is CN(C(=O)c1cncc(F)c1)C1CCCCC1N. The van der Waals surface area contributed by atoms with Gasteiger partial charge in [0.1, 0.15) is 5.82 Å². The van der Waals surface area contributed by atoms with Gasteiger partial charge in [-0.3, -0.25) is 9.78 Å². The second-order valence-electron chi connectivity index (χ2n) is 4.82. The van der Waals surface area contributed by atoms with Crippen LogP contribution in [0.25, 0.3) is 0 Å². The van der Waals surface area contributed by atoms with Gasteiger partial charge >= 0.3 is 0 Å². The molecule has 18 heavy (non-hydrogen) atoms. The zero-order valence-electron chi connectivity index (χ0n) is 10.5. The minimum atomic E-state index is -0.498. The van der Waals surface area contributed by atoms with Crippen molar-refractivity contribution in [3.05, 3.63) is 29.8 Å². The van der Waals surface area contributed by atoms with Crippen molar-refractivity contribution in [1.82, 2.24) is 9.88 Å².